The van der Waals surface area contributed by atoms with Gasteiger partial charge in [-0.3, -0.25) is 14.5 Å². The molecule has 0 unspecified atom stereocenters. The summed E-state index contributed by atoms with van der Waals surface area (Å²) in [6.45, 7) is 10.0. The number of fused-ring (bicyclic) bond motifs is 1. The molecule has 1 aliphatic rings. The third kappa shape index (κ3) is 7.48. The summed E-state index contributed by atoms with van der Waals surface area (Å²) in [6, 6.07) is 6.55. The molecule has 1 aromatic heterocycles. The third-order valence-electron chi connectivity index (χ3n) is 7.83. The highest BCUT2D eigenvalue weighted by Gasteiger charge is 2.23. The van der Waals surface area contributed by atoms with Crippen LogP contribution < -0.4 is 24.4 Å². The van der Waals surface area contributed by atoms with Gasteiger partial charge in [0.15, 0.2) is 11.5 Å². The number of carbonyl (C=O) groups excluding carboxylic acids is 1. The molecular formula is C34H44N2O8. The van der Waals surface area contributed by atoms with Crippen LogP contribution in [0.1, 0.15) is 45.6 Å². The van der Waals surface area contributed by atoms with Crippen molar-refractivity contribution in [1.29, 1.82) is 0 Å². The molecule has 4 rings (SSSR count). The van der Waals surface area contributed by atoms with Crippen LogP contribution in [0.4, 0.5) is 0 Å². The van der Waals surface area contributed by atoms with Gasteiger partial charge < -0.3 is 33.4 Å². The fraction of sp³-hybridized carbons (Fsp3) is 0.471. The van der Waals surface area contributed by atoms with Crippen LogP contribution in [0.3, 0.4) is 0 Å². The van der Waals surface area contributed by atoms with E-state index in [1.807, 2.05) is 24.8 Å². The van der Waals surface area contributed by atoms with Gasteiger partial charge in [0, 0.05) is 62.4 Å². The quantitative estimate of drug-likeness (QED) is 0.255. The van der Waals surface area contributed by atoms with Gasteiger partial charge in [-0.05, 0) is 38.8 Å². The molecular weight excluding hydrogens is 564 g/mol. The van der Waals surface area contributed by atoms with Crippen LogP contribution in [0.5, 0.6) is 28.7 Å². The van der Waals surface area contributed by atoms with Crippen LogP contribution in [0.15, 0.2) is 45.1 Å². The number of methoxy groups -OCH3 is 3. The van der Waals surface area contributed by atoms with Crippen molar-refractivity contribution in [2.75, 3.05) is 60.7 Å². The van der Waals surface area contributed by atoms with Crippen molar-refractivity contribution in [3.05, 3.63) is 51.7 Å². The van der Waals surface area contributed by atoms with Gasteiger partial charge in [-0.2, -0.15) is 0 Å². The average Bonchev–Trinajstić information content (AvgIpc) is 3.02. The minimum atomic E-state index is -0.331. The molecule has 0 radical (unpaired) electrons. The number of nitrogens with zero attached hydrogens (tertiary/aromatic N) is 2. The number of allylic oxidation sites excluding steroid dienone is 2. The van der Waals surface area contributed by atoms with E-state index >= 15 is 0 Å². The Bertz CT molecular complexity index is 1520. The van der Waals surface area contributed by atoms with E-state index in [1.165, 1.54) is 27.4 Å². The fourth-order valence-electron chi connectivity index (χ4n) is 5.33. The highest BCUT2D eigenvalue weighted by molar-refractivity contribution is 5.87. The van der Waals surface area contributed by atoms with Gasteiger partial charge in [0.1, 0.15) is 34.8 Å². The number of unbranched alkanes of at least 4 members (excludes halogenated alkanes) is 1. The minimum absolute atomic E-state index is 0.0922. The first-order valence-corrected chi connectivity index (χ1v) is 15.1. The predicted octanol–water partition coefficient (Wildman–Crippen LogP) is 5.41. The standard InChI is InChI=1S/C34H44N2O8/c1-7-8-9-30(38)36-14-12-35(13-15-36)16-17-43-24-20-26(37)31-27(21-24)44-33(25(32(31)39)11-10-22(2)3)23-18-28(40-4)34(42-6)29(19-23)41-5/h10,18-21,37H,7-9,11-17H2,1-6H3. The van der Waals surface area contributed by atoms with Crippen molar-refractivity contribution in [2.45, 2.75) is 46.5 Å². The smallest absolute Gasteiger partial charge is 0.222 e. The average molecular weight is 609 g/mol. The zero-order valence-corrected chi connectivity index (χ0v) is 26.7. The molecule has 1 saturated heterocycles. The zero-order chi connectivity index (χ0) is 31.8. The van der Waals surface area contributed by atoms with E-state index in [0.29, 0.717) is 79.0 Å². The molecule has 2 heterocycles. The van der Waals surface area contributed by atoms with Crippen molar-refractivity contribution < 1.29 is 33.3 Å². The van der Waals surface area contributed by atoms with E-state index in [1.54, 1.807) is 18.2 Å². The lowest BCUT2D eigenvalue weighted by Gasteiger charge is -2.34. The second-order valence-electron chi connectivity index (χ2n) is 11.1. The maximum atomic E-state index is 13.8. The van der Waals surface area contributed by atoms with Gasteiger partial charge in [0.2, 0.25) is 17.1 Å². The fourth-order valence-corrected chi connectivity index (χ4v) is 5.33. The molecule has 2 aromatic carbocycles. The number of rotatable bonds is 13. The molecule has 1 N–H and O–H groups in total. The summed E-state index contributed by atoms with van der Waals surface area (Å²) in [6.07, 6.45) is 4.79. The summed E-state index contributed by atoms with van der Waals surface area (Å²) in [5.41, 5.74) is 1.87. The molecule has 1 aliphatic heterocycles. The maximum absolute atomic E-state index is 13.8. The Labute approximate surface area is 258 Å². The summed E-state index contributed by atoms with van der Waals surface area (Å²) in [5.74, 6) is 2.01. The van der Waals surface area contributed by atoms with E-state index in [9.17, 15) is 14.7 Å². The molecule has 0 saturated carbocycles. The van der Waals surface area contributed by atoms with Crippen molar-refractivity contribution in [2.24, 2.45) is 0 Å². The summed E-state index contributed by atoms with van der Waals surface area (Å²) in [5, 5.41) is 11.1. The Morgan fingerprint density at radius 3 is 2.27 bits per heavy atom. The van der Waals surface area contributed by atoms with Crippen LogP contribution in [-0.2, 0) is 11.2 Å². The molecule has 3 aromatic rings. The number of carbonyl (C=O) groups is 1. The normalized spacial score (nSPS) is 13.5. The Morgan fingerprint density at radius 1 is 1.00 bits per heavy atom. The van der Waals surface area contributed by atoms with Gasteiger partial charge in [-0.25, -0.2) is 0 Å². The Hall–Kier alpha value is -4.18. The van der Waals surface area contributed by atoms with Crippen molar-refractivity contribution in [1.82, 2.24) is 9.80 Å². The van der Waals surface area contributed by atoms with E-state index in [-0.39, 0.29) is 28.1 Å². The molecule has 10 nitrogen and oxygen atoms in total. The number of hydrogen-bond donors (Lipinski definition) is 1. The van der Waals surface area contributed by atoms with E-state index in [4.69, 9.17) is 23.4 Å². The number of aromatic hydroxyl groups is 1. The maximum Gasteiger partial charge on any atom is 0.222 e. The topological polar surface area (TPSA) is 111 Å². The van der Waals surface area contributed by atoms with Gasteiger partial charge in [0.25, 0.3) is 0 Å². The van der Waals surface area contributed by atoms with Gasteiger partial charge in [-0.1, -0.05) is 25.0 Å². The van der Waals surface area contributed by atoms with Gasteiger partial charge >= 0.3 is 0 Å². The van der Waals surface area contributed by atoms with Crippen molar-refractivity contribution in [3.8, 4) is 40.1 Å². The summed E-state index contributed by atoms with van der Waals surface area (Å²) >= 11 is 0. The number of hydrogen-bond acceptors (Lipinski definition) is 9. The highest BCUT2D eigenvalue weighted by Crippen LogP contribution is 2.42. The van der Waals surface area contributed by atoms with E-state index in [2.05, 4.69) is 11.8 Å². The zero-order valence-electron chi connectivity index (χ0n) is 26.7. The number of phenolic OH excluding ortho intramolecular Hbond substituents is 1. The number of phenols is 1. The molecule has 238 valence electrons. The summed E-state index contributed by atoms with van der Waals surface area (Å²) < 4.78 is 28.9. The Balaban J connectivity index is 1.61. The van der Waals surface area contributed by atoms with Crippen LogP contribution in [0.2, 0.25) is 0 Å². The number of ether oxygens (including phenoxy) is 4. The lowest BCUT2D eigenvalue weighted by Crippen LogP contribution is -2.49. The van der Waals surface area contributed by atoms with Crippen LogP contribution in [0, 0.1) is 0 Å². The molecule has 0 atom stereocenters. The van der Waals surface area contributed by atoms with Crippen LogP contribution in [-0.4, -0.2) is 81.5 Å². The van der Waals surface area contributed by atoms with Gasteiger partial charge in [0.05, 0.1) is 21.3 Å². The lowest BCUT2D eigenvalue weighted by atomic mass is 10.00. The van der Waals surface area contributed by atoms with E-state index in [0.717, 1.165) is 31.5 Å². The highest BCUT2D eigenvalue weighted by atomic mass is 16.5. The van der Waals surface area contributed by atoms with Gasteiger partial charge in [-0.15, -0.1) is 0 Å². The lowest BCUT2D eigenvalue weighted by molar-refractivity contribution is -0.133. The minimum Gasteiger partial charge on any atom is -0.507 e. The monoisotopic (exact) mass is 608 g/mol. The number of amides is 1. The molecule has 10 heteroatoms. The number of piperazine rings is 1. The molecule has 1 amide bonds. The van der Waals surface area contributed by atoms with Crippen LogP contribution >= 0.6 is 0 Å². The molecule has 1 fully saturated rings. The number of benzene rings is 2. The summed E-state index contributed by atoms with van der Waals surface area (Å²) in [7, 11) is 4.57. The van der Waals surface area contributed by atoms with Crippen molar-refractivity contribution >= 4 is 16.9 Å². The van der Waals surface area contributed by atoms with E-state index < -0.39 is 0 Å². The Kier molecular flexibility index (Phi) is 11.2. The molecule has 0 aliphatic carbocycles. The summed E-state index contributed by atoms with van der Waals surface area (Å²) in [4.78, 5) is 30.4. The SMILES string of the molecule is CCCCC(=O)N1CCN(CCOc2cc(O)c3c(=O)c(CC=C(C)C)c(-c4cc(OC)c(OC)c(OC)c4)oc3c2)CC1. The second-order valence-corrected chi connectivity index (χ2v) is 11.1. The second kappa shape index (κ2) is 15.0. The molecule has 0 bridgehead atoms. The van der Waals surface area contributed by atoms with Crippen LogP contribution in [0.25, 0.3) is 22.3 Å². The third-order valence-corrected chi connectivity index (χ3v) is 7.83. The first kappa shape index (κ1) is 32.7. The largest absolute Gasteiger partial charge is 0.507 e. The molecule has 44 heavy (non-hydrogen) atoms. The predicted molar refractivity (Wildman–Crippen MR) is 170 cm³/mol. The first-order chi connectivity index (χ1) is 21.2. The van der Waals surface area contributed by atoms with Crippen molar-refractivity contribution in [3.63, 3.8) is 0 Å². The Morgan fingerprint density at radius 2 is 1.68 bits per heavy atom. The first-order valence-electron chi connectivity index (χ1n) is 15.1. The molecule has 0 spiro atoms.